The van der Waals surface area contributed by atoms with Gasteiger partial charge in [-0.1, -0.05) is 167 Å². The Morgan fingerprint density at radius 3 is 0.767 bits per heavy atom. The van der Waals surface area contributed by atoms with Crippen molar-refractivity contribution in [1.82, 2.24) is 0 Å². The summed E-state index contributed by atoms with van der Waals surface area (Å²) in [6.45, 7) is 4.94. The Bertz CT molecular complexity index is 918. The van der Waals surface area contributed by atoms with Gasteiger partial charge < -0.3 is 0 Å². The minimum absolute atomic E-state index is 1.45. The van der Waals surface area contributed by atoms with Gasteiger partial charge >= 0.3 is 0 Å². The van der Waals surface area contributed by atoms with E-state index in [0.717, 1.165) is 0 Å². The third-order valence-corrected chi connectivity index (χ3v) is 14.4. The summed E-state index contributed by atoms with van der Waals surface area (Å²) in [7, 11) is -4.05. The summed E-state index contributed by atoms with van der Waals surface area (Å²) in [4.78, 5) is 0. The van der Waals surface area contributed by atoms with Crippen LogP contribution in [0.3, 0.4) is 0 Å². The highest BCUT2D eigenvalue weighted by atomic mass is 28.3. The van der Waals surface area contributed by atoms with E-state index in [2.05, 4.69) is 146 Å². The highest BCUT2D eigenvalue weighted by molar-refractivity contribution is 7.09. The Kier molecular flexibility index (Phi) is 5.98. The van der Waals surface area contributed by atoms with Crippen molar-refractivity contribution < 1.29 is 0 Å². The molecule has 0 amide bonds. The summed E-state index contributed by atoms with van der Waals surface area (Å²) in [5.74, 6) is 0. The number of hydrogen-bond donors (Lipinski definition) is 0. The van der Waals surface area contributed by atoms with E-state index in [9.17, 15) is 0 Å². The zero-order valence-electron chi connectivity index (χ0n) is 17.7. The van der Waals surface area contributed by atoms with Crippen molar-refractivity contribution >= 4 is 36.9 Å². The van der Waals surface area contributed by atoms with Gasteiger partial charge in [0.2, 0.25) is 0 Å². The topological polar surface area (TPSA) is 0 Å². The molecule has 0 unspecified atom stereocenters. The molecule has 0 spiro atoms. The Balaban J connectivity index is 1.87. The largest absolute Gasteiger partial charge is 0.137 e. The van der Waals surface area contributed by atoms with Gasteiger partial charge in [-0.2, -0.15) is 0 Å². The molecule has 0 saturated carbocycles. The molecule has 0 fully saturated rings. The minimum atomic E-state index is -2.02. The molecule has 0 aromatic heterocycles. The van der Waals surface area contributed by atoms with E-state index in [0.29, 0.717) is 0 Å². The first-order valence-corrected chi connectivity index (χ1v) is 15.7. The molecule has 0 radical (unpaired) electrons. The number of benzene rings is 4. The highest BCUT2D eigenvalue weighted by Gasteiger charge is 2.33. The molecule has 0 aliphatic heterocycles. The first kappa shape index (κ1) is 20.3. The van der Waals surface area contributed by atoms with Crippen LogP contribution in [0, 0.1) is 0 Å². The van der Waals surface area contributed by atoms with Gasteiger partial charge in [0.15, 0.2) is 0 Å². The highest BCUT2D eigenvalue weighted by Crippen LogP contribution is 2.13. The normalized spacial score (nSPS) is 12.2. The maximum absolute atomic E-state index is 2.59. The summed E-state index contributed by atoms with van der Waals surface area (Å²) in [6.07, 6.45) is 0. The Morgan fingerprint density at radius 1 is 0.367 bits per heavy atom. The Morgan fingerprint density at radius 2 is 0.567 bits per heavy atom. The van der Waals surface area contributed by atoms with E-state index in [-0.39, 0.29) is 0 Å². The lowest BCUT2D eigenvalue weighted by molar-refractivity contribution is 1.68. The van der Waals surface area contributed by atoms with E-state index in [1.54, 1.807) is 0 Å². The fraction of sp³-hybridized carbons (Fsp3) is 0.0714. The zero-order valence-corrected chi connectivity index (χ0v) is 19.7. The molecular formula is C28H28Si2. The number of hydrogen-bond acceptors (Lipinski definition) is 0. The monoisotopic (exact) mass is 420 g/mol. The SMILES string of the molecule is C[Si](/C=C/[Si](C)(c1ccccc1)c1ccccc1)(c1ccccc1)c1ccccc1. The van der Waals surface area contributed by atoms with E-state index in [4.69, 9.17) is 0 Å². The molecule has 0 heterocycles. The van der Waals surface area contributed by atoms with Crippen molar-refractivity contribution in [3.8, 4) is 0 Å². The van der Waals surface area contributed by atoms with Crippen LogP contribution in [0.2, 0.25) is 13.1 Å². The molecule has 30 heavy (non-hydrogen) atoms. The fourth-order valence-electron chi connectivity index (χ4n) is 4.19. The molecule has 148 valence electrons. The molecule has 2 heteroatoms. The van der Waals surface area contributed by atoms with Gasteiger partial charge in [0.25, 0.3) is 0 Å². The molecule has 0 bridgehead atoms. The predicted molar refractivity (Wildman–Crippen MR) is 137 cm³/mol. The van der Waals surface area contributed by atoms with Gasteiger partial charge in [-0.15, -0.1) is 0 Å². The van der Waals surface area contributed by atoms with Crippen LogP contribution >= 0.6 is 0 Å². The zero-order chi connectivity index (χ0) is 20.9. The van der Waals surface area contributed by atoms with Crippen LogP contribution in [0.15, 0.2) is 133 Å². The van der Waals surface area contributed by atoms with Crippen LogP contribution < -0.4 is 20.7 Å². The molecule has 0 aliphatic carbocycles. The summed E-state index contributed by atoms with van der Waals surface area (Å²) in [5.41, 5.74) is 5.17. The van der Waals surface area contributed by atoms with Crippen LogP contribution in [-0.2, 0) is 0 Å². The molecule has 0 saturated heterocycles. The molecule has 0 N–H and O–H groups in total. The van der Waals surface area contributed by atoms with Crippen LogP contribution in [0.4, 0.5) is 0 Å². The standard InChI is InChI=1S/C28H28Si2/c1-29(25-15-7-3-8-16-25,26-17-9-4-10-18-26)23-24-30(2,27-19-11-5-12-20-27)28-21-13-6-14-22-28/h3-24H,1-2H3/b24-23+. The fourth-order valence-corrected chi connectivity index (χ4v) is 11.8. The third kappa shape index (κ3) is 4.02. The molecule has 4 aromatic carbocycles. The van der Waals surface area contributed by atoms with Crippen LogP contribution in [0.1, 0.15) is 0 Å². The molecular weight excluding hydrogens is 392 g/mol. The van der Waals surface area contributed by atoms with E-state index >= 15 is 0 Å². The predicted octanol–water partition coefficient (Wildman–Crippen LogP) is 4.41. The van der Waals surface area contributed by atoms with Crippen LogP contribution in [0.25, 0.3) is 0 Å². The quantitative estimate of drug-likeness (QED) is 0.405. The van der Waals surface area contributed by atoms with Gasteiger partial charge in [0, 0.05) is 0 Å². The second-order valence-corrected chi connectivity index (χ2v) is 16.0. The lowest BCUT2D eigenvalue weighted by atomic mass is 10.4. The summed E-state index contributed by atoms with van der Waals surface area (Å²) in [5, 5.41) is 5.80. The second kappa shape index (κ2) is 8.82. The van der Waals surface area contributed by atoms with E-state index in [1.165, 1.54) is 20.7 Å². The van der Waals surface area contributed by atoms with Gasteiger partial charge in [0.1, 0.15) is 16.1 Å². The third-order valence-electron chi connectivity index (χ3n) is 6.24. The average Bonchev–Trinajstić information content (AvgIpc) is 2.84. The average molecular weight is 421 g/mol. The smallest absolute Gasteiger partial charge is 0.0932 e. The van der Waals surface area contributed by atoms with Crippen LogP contribution in [0.5, 0.6) is 0 Å². The van der Waals surface area contributed by atoms with Crippen molar-refractivity contribution in [2.24, 2.45) is 0 Å². The molecule has 0 aliphatic rings. The summed E-state index contributed by atoms with van der Waals surface area (Å²) in [6, 6.07) is 44.2. The molecule has 0 nitrogen and oxygen atoms in total. The summed E-state index contributed by atoms with van der Waals surface area (Å²) >= 11 is 0. The maximum atomic E-state index is 2.59. The number of rotatable bonds is 6. The Labute approximate surface area is 182 Å². The van der Waals surface area contributed by atoms with Crippen LogP contribution in [-0.4, -0.2) is 16.1 Å². The van der Waals surface area contributed by atoms with Gasteiger partial charge in [-0.05, 0) is 0 Å². The second-order valence-electron chi connectivity index (χ2n) is 8.20. The maximum Gasteiger partial charge on any atom is 0.137 e. The van der Waals surface area contributed by atoms with Gasteiger partial charge in [-0.3, -0.25) is 0 Å². The van der Waals surface area contributed by atoms with E-state index < -0.39 is 16.1 Å². The van der Waals surface area contributed by atoms with Gasteiger partial charge in [-0.25, -0.2) is 0 Å². The lowest BCUT2D eigenvalue weighted by Gasteiger charge is -2.30. The minimum Gasteiger partial charge on any atom is -0.0932 e. The van der Waals surface area contributed by atoms with Crippen molar-refractivity contribution in [2.45, 2.75) is 13.1 Å². The van der Waals surface area contributed by atoms with Crippen molar-refractivity contribution in [3.63, 3.8) is 0 Å². The molecule has 0 atom stereocenters. The van der Waals surface area contributed by atoms with E-state index in [1.807, 2.05) is 0 Å². The summed E-state index contributed by atoms with van der Waals surface area (Å²) < 4.78 is 0. The van der Waals surface area contributed by atoms with Crippen molar-refractivity contribution in [2.75, 3.05) is 0 Å². The van der Waals surface area contributed by atoms with Gasteiger partial charge in [0.05, 0.1) is 0 Å². The lowest BCUT2D eigenvalue weighted by Crippen LogP contribution is -2.58. The first-order chi connectivity index (χ1) is 14.6. The molecule has 4 aromatic rings. The van der Waals surface area contributed by atoms with Crippen molar-refractivity contribution in [3.05, 3.63) is 133 Å². The Hall–Kier alpha value is -2.95. The van der Waals surface area contributed by atoms with Crippen molar-refractivity contribution in [1.29, 1.82) is 0 Å². The first-order valence-electron chi connectivity index (χ1n) is 10.6. The molecule has 4 rings (SSSR count).